The maximum atomic E-state index is 8.30. The molecule has 4 aliphatic carbocycles. The zero-order valence-corrected chi connectivity index (χ0v) is 92.8. The average Bonchev–Trinajstić information content (AvgIpc) is 1.48. The van der Waals surface area contributed by atoms with Crippen molar-refractivity contribution in [3.05, 3.63) is 282 Å². The second kappa shape index (κ2) is 33.3. The highest BCUT2D eigenvalue weighted by atomic mass is 35.5. The fraction of sp³-hybridized carbons (Fsp3) is 0.500. The van der Waals surface area contributed by atoms with Crippen molar-refractivity contribution < 1.29 is 0 Å². The molecule has 10 aromatic carbocycles. The van der Waals surface area contributed by atoms with Gasteiger partial charge in [-0.2, -0.15) is 0 Å². The van der Waals surface area contributed by atoms with Gasteiger partial charge in [0, 0.05) is 111 Å². The molecule has 6 nitrogen and oxygen atoms in total. The summed E-state index contributed by atoms with van der Waals surface area (Å²) in [5.74, 6) is 0. The third-order valence-electron chi connectivity index (χ3n) is 36.5. The minimum Gasteiger partial charge on any atom is -0.335 e. The van der Waals surface area contributed by atoms with Crippen LogP contribution in [0.25, 0.3) is 0 Å². The Morgan fingerprint density at radius 3 is 1.10 bits per heavy atom. The molecule has 6 aliphatic heterocycles. The van der Waals surface area contributed by atoms with Crippen molar-refractivity contribution in [1.82, 2.24) is 0 Å². The van der Waals surface area contributed by atoms with E-state index >= 15 is 0 Å². The first kappa shape index (κ1) is 98.3. The number of nitrogens with zero attached hydrogens (tertiary/aromatic N) is 6. The summed E-state index contributed by atoms with van der Waals surface area (Å²) in [5.41, 5.74) is 37.1. The van der Waals surface area contributed by atoms with Crippen molar-refractivity contribution in [1.29, 1.82) is 0 Å². The molecule has 0 bridgehead atoms. The molecule has 4 saturated carbocycles. The monoisotopic (exact) mass is 1890 g/mol. The van der Waals surface area contributed by atoms with E-state index in [1.165, 1.54) is 225 Å². The molecule has 726 valence electrons. The van der Waals surface area contributed by atoms with Crippen LogP contribution in [0.2, 0.25) is 5.02 Å². The first-order chi connectivity index (χ1) is 64.3. The highest BCUT2D eigenvalue weighted by molar-refractivity contribution is 8.07. The number of benzene rings is 10. The van der Waals surface area contributed by atoms with Gasteiger partial charge in [0.15, 0.2) is 0 Å². The van der Waals surface area contributed by atoms with Crippen LogP contribution >= 0.6 is 35.1 Å². The predicted octanol–water partition coefficient (Wildman–Crippen LogP) is 36.8. The zero-order valence-electron chi connectivity index (χ0n) is 90.4. The SMILES string of the molecule is CC(C)(C)c1ccc(N(C2=CSC3(C)CCCCC23C)c2cc(C(C)(C)C)cc(N3c4ccc(N(c5ccc(C(C)(C)C)cc5)c5ccc(C(C)(C)C)cc5)cc4C4(C)CCCCC34C)c2Cl)cc1.CC(C)(C)c1ccc(N2C3=C(SC4(C)CCCCC34C)B3c4cc(N(c5ccc(C(C)(C)C)cc5)c5ccc(C(C)(C)C)cc5)cc5c4N(c4cc(C(C)(C)C)cc2c43)C2(C)CCCCC52C)cc1. The Labute approximate surface area is 847 Å². The lowest BCUT2D eigenvalue weighted by Gasteiger charge is -2.53. The normalized spacial score (nSPS) is 25.5. The Morgan fingerprint density at radius 1 is 0.304 bits per heavy atom. The third kappa shape index (κ3) is 15.8. The van der Waals surface area contributed by atoms with E-state index in [-0.39, 0.29) is 92.3 Å². The molecule has 0 spiro atoms. The number of anilines is 14. The lowest BCUT2D eigenvalue weighted by Crippen LogP contribution is -2.61. The van der Waals surface area contributed by atoms with Gasteiger partial charge in [-0.25, -0.2) is 0 Å². The highest BCUT2D eigenvalue weighted by Gasteiger charge is 2.67. The van der Waals surface area contributed by atoms with Gasteiger partial charge in [0.1, 0.15) is 0 Å². The van der Waals surface area contributed by atoms with Crippen LogP contribution in [0.4, 0.5) is 79.6 Å². The number of rotatable bonds is 11. The maximum Gasteiger partial charge on any atom is 0.259 e. The number of hydrogen-bond acceptors (Lipinski definition) is 8. The maximum absolute atomic E-state index is 8.30. The summed E-state index contributed by atoms with van der Waals surface area (Å²) in [6.45, 7) is 77.0. The lowest BCUT2D eigenvalue weighted by atomic mass is 9.36. The van der Waals surface area contributed by atoms with Crippen molar-refractivity contribution in [2.24, 2.45) is 10.8 Å². The smallest absolute Gasteiger partial charge is 0.259 e. The van der Waals surface area contributed by atoms with E-state index in [4.69, 9.17) is 11.6 Å². The summed E-state index contributed by atoms with van der Waals surface area (Å²) in [5, 5.41) is 3.33. The first-order valence-electron chi connectivity index (χ1n) is 52.9. The molecule has 10 aromatic rings. The van der Waals surface area contributed by atoms with Gasteiger partial charge in [-0.05, 0) is 327 Å². The van der Waals surface area contributed by atoms with E-state index < -0.39 is 0 Å². The number of fused-ring (bicyclic) bond motifs is 12. The zero-order chi connectivity index (χ0) is 99.1. The molecule has 138 heavy (non-hydrogen) atoms. The van der Waals surface area contributed by atoms with E-state index in [2.05, 4.69) is 480 Å². The van der Waals surface area contributed by atoms with Gasteiger partial charge in [0.2, 0.25) is 0 Å². The van der Waals surface area contributed by atoms with Crippen LogP contribution in [0.15, 0.2) is 222 Å². The molecule has 0 N–H and O–H groups in total. The number of thioether (sulfide) groups is 2. The molecule has 8 unspecified atom stereocenters. The minimum absolute atomic E-state index is 0.00301. The molecular weight excluding hydrogens is 1730 g/mol. The standard InChI is InChI=1S/C64H80BN3S.C64H82ClN3S/c1-57(2,3)41-21-27-45(28-22-41)66(46-29-23-42(24-30-46)58(4,5)6)48-39-49-54-50(40-48)65-53-51(37-44(60(10,11)12)38-52(53)68(54)63(15)35-19-17-33-61(49,63)13)67(47-31-25-43(26-32-47)59(7,8)9)55-56(65)69-64(16)36-20-18-34-62(55,64)14;1-57(2,3)43-21-27-47(28-22-43)66(48-29-23-44(24-30-48)58(4,5)6)50-33-34-52-51(41-50)61(13)35-17-19-37-63(61,15)68(52)54-40-46(60(10,11)12)39-53(56(54)65)67(49-31-25-45(26-32-49)59(7,8)9)55-42-69-64(16)38-20-18-36-62(55,64)14/h21-32,37-40H,17-20,33-36H2,1-16H3;21-34,39-42H,17-20,35-38H2,1-16H3. The van der Waals surface area contributed by atoms with Crippen LogP contribution in [0, 0.1) is 10.8 Å². The number of allylic oxidation sites excluding steroid dienone is 2. The Bertz CT molecular complexity index is 6340. The van der Waals surface area contributed by atoms with E-state index in [1.807, 2.05) is 0 Å². The molecule has 10 heteroatoms. The number of halogens is 1. The minimum atomic E-state index is -0.216. The van der Waals surface area contributed by atoms with Crippen LogP contribution in [0.5, 0.6) is 0 Å². The summed E-state index contributed by atoms with van der Waals surface area (Å²) in [4.78, 5) is 17.8. The van der Waals surface area contributed by atoms with Gasteiger partial charge in [0.05, 0.1) is 27.5 Å². The van der Waals surface area contributed by atoms with Crippen LogP contribution in [-0.2, 0) is 54.1 Å². The van der Waals surface area contributed by atoms with Crippen molar-refractivity contribution in [2.75, 3.05) is 29.4 Å². The van der Waals surface area contributed by atoms with Gasteiger partial charge in [-0.1, -0.05) is 330 Å². The van der Waals surface area contributed by atoms with E-state index in [0.717, 1.165) is 29.2 Å². The van der Waals surface area contributed by atoms with Crippen LogP contribution in [0.1, 0.15) is 380 Å². The molecular formula is C128H162BClN6S2. The molecule has 10 aliphatic rings. The third-order valence-corrected chi connectivity index (χ3v) is 40.2. The van der Waals surface area contributed by atoms with Gasteiger partial charge in [-0.15, -0.1) is 23.5 Å². The van der Waals surface area contributed by atoms with Crippen molar-refractivity contribution in [3.63, 3.8) is 0 Å². The van der Waals surface area contributed by atoms with Crippen LogP contribution in [0.3, 0.4) is 0 Å². The largest absolute Gasteiger partial charge is 0.335 e. The van der Waals surface area contributed by atoms with E-state index in [0.29, 0.717) is 0 Å². The molecule has 8 atom stereocenters. The average molecular weight is 1900 g/mol. The summed E-state index contributed by atoms with van der Waals surface area (Å²) in [6, 6.07) is 79.7. The molecule has 0 saturated heterocycles. The Kier molecular flexibility index (Phi) is 23.7. The van der Waals surface area contributed by atoms with Crippen molar-refractivity contribution in [2.45, 2.75) is 399 Å². The van der Waals surface area contributed by atoms with Crippen LogP contribution < -0.4 is 40.3 Å². The Morgan fingerprint density at radius 2 is 0.652 bits per heavy atom. The highest BCUT2D eigenvalue weighted by Crippen LogP contribution is 2.72. The Balaban J connectivity index is 0.000000176. The predicted molar refractivity (Wildman–Crippen MR) is 605 cm³/mol. The Hall–Kier alpha value is -8.47. The summed E-state index contributed by atoms with van der Waals surface area (Å²) < 4.78 is 0.218. The van der Waals surface area contributed by atoms with E-state index in [9.17, 15) is 0 Å². The molecule has 6 heterocycles. The molecule has 4 fully saturated rings. The van der Waals surface area contributed by atoms with Gasteiger partial charge < -0.3 is 29.4 Å². The molecule has 20 rings (SSSR count). The first-order valence-corrected chi connectivity index (χ1v) is 55.0. The van der Waals surface area contributed by atoms with Gasteiger partial charge in [-0.3, -0.25) is 0 Å². The van der Waals surface area contributed by atoms with E-state index in [1.54, 1.807) is 16.1 Å². The molecule has 0 amide bonds. The topological polar surface area (TPSA) is 19.4 Å². The molecule has 0 radical (unpaired) electrons. The van der Waals surface area contributed by atoms with Gasteiger partial charge >= 0.3 is 0 Å². The summed E-state index contributed by atoms with van der Waals surface area (Å²) in [7, 11) is 0. The summed E-state index contributed by atoms with van der Waals surface area (Å²) in [6.07, 6.45) is 19.4. The fourth-order valence-electron chi connectivity index (χ4n) is 26.5. The van der Waals surface area contributed by atoms with Crippen LogP contribution in [-0.4, -0.2) is 27.3 Å². The quantitative estimate of drug-likeness (QED) is 0.118. The summed E-state index contributed by atoms with van der Waals surface area (Å²) >= 11 is 12.6. The second-order valence-electron chi connectivity index (χ2n) is 53.7. The second-order valence-corrected chi connectivity index (χ2v) is 57.0. The van der Waals surface area contributed by atoms with Crippen molar-refractivity contribution in [3.8, 4) is 0 Å². The fourth-order valence-corrected chi connectivity index (χ4v) is 30.2. The lowest BCUT2D eigenvalue weighted by molar-refractivity contribution is 0.195. The van der Waals surface area contributed by atoms with Crippen molar-refractivity contribution >= 4 is 132 Å². The molecule has 0 aromatic heterocycles. The van der Waals surface area contributed by atoms with Gasteiger partial charge in [0.25, 0.3) is 6.71 Å². The number of hydrogen-bond donors (Lipinski definition) is 0.